The minimum absolute atomic E-state index is 0.430. The van der Waals surface area contributed by atoms with E-state index in [1.807, 2.05) is 18.7 Å². The van der Waals surface area contributed by atoms with Crippen LogP contribution in [0.4, 0.5) is 0 Å². The van der Waals surface area contributed by atoms with Gasteiger partial charge in [0.25, 0.3) is 0 Å². The molecule has 0 fully saturated rings. The van der Waals surface area contributed by atoms with Gasteiger partial charge in [0, 0.05) is 25.2 Å². The molecular formula is C15H25N3. The summed E-state index contributed by atoms with van der Waals surface area (Å²) in [7, 11) is 2.01. The minimum Gasteiger partial charge on any atom is -0.313 e. The normalized spacial score (nSPS) is 12.1. The molecule has 100 valence electrons. The van der Waals surface area contributed by atoms with E-state index in [1.54, 1.807) is 0 Å². The van der Waals surface area contributed by atoms with Crippen molar-refractivity contribution >= 4 is 0 Å². The summed E-state index contributed by atoms with van der Waals surface area (Å²) in [5, 5.41) is 8.05. The molecule has 0 spiro atoms. The molecule has 0 radical (unpaired) electrons. The average Bonchev–Trinajstić information content (AvgIpc) is 2.58. The van der Waals surface area contributed by atoms with Crippen LogP contribution in [-0.2, 0) is 13.5 Å². The van der Waals surface area contributed by atoms with Crippen molar-refractivity contribution in [1.82, 2.24) is 15.1 Å². The number of nitrogens with one attached hydrogen (secondary N) is 1. The van der Waals surface area contributed by atoms with Crippen LogP contribution in [-0.4, -0.2) is 22.4 Å². The van der Waals surface area contributed by atoms with Crippen molar-refractivity contribution in [2.45, 2.75) is 53.0 Å². The van der Waals surface area contributed by atoms with E-state index in [0.29, 0.717) is 6.04 Å². The summed E-state index contributed by atoms with van der Waals surface area (Å²) in [6.45, 7) is 9.37. The van der Waals surface area contributed by atoms with Gasteiger partial charge in [-0.1, -0.05) is 6.92 Å². The molecule has 3 nitrogen and oxygen atoms in total. The summed E-state index contributed by atoms with van der Waals surface area (Å²) in [6.07, 6.45) is 3.07. The molecule has 1 unspecified atom stereocenters. The lowest BCUT2D eigenvalue weighted by atomic mass is 10.0. The van der Waals surface area contributed by atoms with E-state index in [4.69, 9.17) is 0 Å². The summed E-state index contributed by atoms with van der Waals surface area (Å²) in [6, 6.07) is 0.430. The van der Waals surface area contributed by atoms with E-state index >= 15 is 0 Å². The number of aryl methyl sites for hydroxylation is 2. The predicted molar refractivity (Wildman–Crippen MR) is 76.5 cm³/mol. The van der Waals surface area contributed by atoms with E-state index in [9.17, 15) is 0 Å². The fourth-order valence-corrected chi connectivity index (χ4v) is 2.15. The SMILES string of the molecule is CC#CCC(Cc1c(C)nn(C)c1C)NCCC. The summed E-state index contributed by atoms with van der Waals surface area (Å²) in [4.78, 5) is 0. The van der Waals surface area contributed by atoms with Crippen LogP contribution in [0.5, 0.6) is 0 Å². The largest absolute Gasteiger partial charge is 0.313 e. The van der Waals surface area contributed by atoms with Gasteiger partial charge < -0.3 is 5.32 Å². The van der Waals surface area contributed by atoms with Crippen molar-refractivity contribution in [3.8, 4) is 11.8 Å². The molecule has 0 saturated heterocycles. The standard InChI is InChI=1S/C15H25N3/c1-6-8-9-14(16-10-7-2)11-15-12(3)17-18(5)13(15)4/h14,16H,7,9-11H2,1-5H3. The molecular weight excluding hydrogens is 222 g/mol. The molecule has 0 bridgehead atoms. The monoisotopic (exact) mass is 247 g/mol. The summed E-state index contributed by atoms with van der Waals surface area (Å²) in [5.41, 5.74) is 3.77. The second kappa shape index (κ2) is 7.23. The van der Waals surface area contributed by atoms with Gasteiger partial charge in [0.05, 0.1) is 5.69 Å². The van der Waals surface area contributed by atoms with Gasteiger partial charge in [0.1, 0.15) is 0 Å². The number of hydrogen-bond acceptors (Lipinski definition) is 2. The molecule has 18 heavy (non-hydrogen) atoms. The number of aromatic nitrogens is 2. The molecule has 1 heterocycles. The Labute approximate surface area is 111 Å². The molecule has 1 aromatic rings. The Hall–Kier alpha value is -1.27. The van der Waals surface area contributed by atoms with Gasteiger partial charge in [-0.3, -0.25) is 4.68 Å². The molecule has 1 N–H and O–H groups in total. The third-order valence-electron chi connectivity index (χ3n) is 3.32. The topological polar surface area (TPSA) is 29.9 Å². The maximum atomic E-state index is 4.48. The molecule has 0 aliphatic carbocycles. The van der Waals surface area contributed by atoms with Crippen molar-refractivity contribution in [2.75, 3.05) is 6.54 Å². The molecule has 0 amide bonds. The summed E-state index contributed by atoms with van der Waals surface area (Å²) >= 11 is 0. The second-order valence-electron chi connectivity index (χ2n) is 4.76. The van der Waals surface area contributed by atoms with E-state index in [1.165, 1.54) is 11.3 Å². The van der Waals surface area contributed by atoms with Crippen LogP contribution >= 0.6 is 0 Å². The van der Waals surface area contributed by atoms with Gasteiger partial charge in [-0.15, -0.1) is 11.8 Å². The first kappa shape index (κ1) is 14.8. The Bertz CT molecular complexity index is 435. The smallest absolute Gasteiger partial charge is 0.0628 e. The molecule has 1 rings (SSSR count). The Kier molecular flexibility index (Phi) is 5.94. The van der Waals surface area contributed by atoms with Gasteiger partial charge in [-0.25, -0.2) is 0 Å². The lowest BCUT2D eigenvalue weighted by molar-refractivity contribution is 0.515. The van der Waals surface area contributed by atoms with Crippen molar-refractivity contribution in [2.24, 2.45) is 7.05 Å². The van der Waals surface area contributed by atoms with E-state index in [2.05, 4.69) is 43.0 Å². The highest BCUT2D eigenvalue weighted by Gasteiger charge is 2.14. The fraction of sp³-hybridized carbons (Fsp3) is 0.667. The zero-order chi connectivity index (χ0) is 13.5. The minimum atomic E-state index is 0.430. The highest BCUT2D eigenvalue weighted by atomic mass is 15.3. The third kappa shape index (κ3) is 3.89. The van der Waals surface area contributed by atoms with Gasteiger partial charge in [-0.2, -0.15) is 5.10 Å². The maximum absolute atomic E-state index is 4.48. The molecule has 0 saturated carbocycles. The van der Waals surface area contributed by atoms with Crippen LogP contribution in [0.15, 0.2) is 0 Å². The Morgan fingerprint density at radius 3 is 2.61 bits per heavy atom. The molecule has 0 aliphatic rings. The Morgan fingerprint density at radius 2 is 2.11 bits per heavy atom. The van der Waals surface area contributed by atoms with Gasteiger partial charge in [0.2, 0.25) is 0 Å². The summed E-state index contributed by atoms with van der Waals surface area (Å²) in [5.74, 6) is 6.17. The average molecular weight is 247 g/mol. The number of nitrogens with zero attached hydrogens (tertiary/aromatic N) is 2. The molecule has 1 aromatic heterocycles. The van der Waals surface area contributed by atoms with Gasteiger partial charge in [-0.05, 0) is 45.7 Å². The lowest BCUT2D eigenvalue weighted by Crippen LogP contribution is -2.31. The van der Waals surface area contributed by atoms with Crippen LogP contribution in [0.1, 0.15) is 43.6 Å². The van der Waals surface area contributed by atoms with Gasteiger partial charge >= 0.3 is 0 Å². The summed E-state index contributed by atoms with van der Waals surface area (Å²) < 4.78 is 1.97. The van der Waals surface area contributed by atoms with Crippen LogP contribution in [0.3, 0.4) is 0 Å². The first-order valence-corrected chi connectivity index (χ1v) is 6.72. The highest BCUT2D eigenvalue weighted by Crippen LogP contribution is 2.15. The quantitative estimate of drug-likeness (QED) is 0.782. The maximum Gasteiger partial charge on any atom is 0.0628 e. The second-order valence-corrected chi connectivity index (χ2v) is 4.76. The molecule has 1 atom stereocenters. The third-order valence-corrected chi connectivity index (χ3v) is 3.32. The Morgan fingerprint density at radius 1 is 1.39 bits per heavy atom. The fourth-order valence-electron chi connectivity index (χ4n) is 2.15. The van der Waals surface area contributed by atoms with Crippen molar-refractivity contribution in [3.05, 3.63) is 17.0 Å². The molecule has 3 heteroatoms. The lowest BCUT2D eigenvalue weighted by Gasteiger charge is -2.16. The van der Waals surface area contributed by atoms with Crippen LogP contribution in [0.2, 0.25) is 0 Å². The van der Waals surface area contributed by atoms with E-state index < -0.39 is 0 Å². The number of rotatable bonds is 6. The zero-order valence-corrected chi connectivity index (χ0v) is 12.3. The number of hydrogen-bond donors (Lipinski definition) is 1. The van der Waals surface area contributed by atoms with Crippen LogP contribution in [0, 0.1) is 25.7 Å². The van der Waals surface area contributed by atoms with E-state index in [0.717, 1.165) is 31.5 Å². The highest BCUT2D eigenvalue weighted by molar-refractivity contribution is 5.25. The van der Waals surface area contributed by atoms with Crippen molar-refractivity contribution in [3.63, 3.8) is 0 Å². The molecule has 0 aromatic carbocycles. The Balaban J connectivity index is 2.76. The first-order valence-electron chi connectivity index (χ1n) is 6.72. The zero-order valence-electron chi connectivity index (χ0n) is 12.3. The molecule has 0 aliphatic heterocycles. The first-order chi connectivity index (χ1) is 8.60. The van der Waals surface area contributed by atoms with Crippen molar-refractivity contribution < 1.29 is 0 Å². The van der Waals surface area contributed by atoms with Crippen LogP contribution in [0.25, 0.3) is 0 Å². The van der Waals surface area contributed by atoms with E-state index in [-0.39, 0.29) is 0 Å². The van der Waals surface area contributed by atoms with Gasteiger partial charge in [0.15, 0.2) is 0 Å². The van der Waals surface area contributed by atoms with Crippen molar-refractivity contribution in [1.29, 1.82) is 0 Å². The predicted octanol–water partition coefficient (Wildman–Crippen LogP) is 2.36. The van der Waals surface area contributed by atoms with Crippen LogP contribution < -0.4 is 5.32 Å².